The highest BCUT2D eigenvalue weighted by Crippen LogP contribution is 2.24. The van der Waals surface area contributed by atoms with Crippen molar-refractivity contribution in [2.24, 2.45) is 0 Å². The van der Waals surface area contributed by atoms with Crippen molar-refractivity contribution < 1.29 is 13.2 Å². The topological polar surface area (TPSA) is 84.4 Å². The van der Waals surface area contributed by atoms with E-state index in [1.165, 1.54) is 12.3 Å². The quantitative estimate of drug-likeness (QED) is 0.708. The molecule has 7 nitrogen and oxygen atoms in total. The zero-order chi connectivity index (χ0) is 17.9. The predicted molar refractivity (Wildman–Crippen MR) is 98.2 cm³/mol. The van der Waals surface area contributed by atoms with E-state index in [9.17, 15) is 8.42 Å². The molecule has 0 radical (unpaired) electrons. The Kier molecular flexibility index (Phi) is 5.90. The third-order valence-corrected chi connectivity index (χ3v) is 5.96. The van der Waals surface area contributed by atoms with Gasteiger partial charge in [-0.05, 0) is 28.1 Å². The van der Waals surface area contributed by atoms with E-state index in [4.69, 9.17) is 16.3 Å². The van der Waals surface area contributed by atoms with Gasteiger partial charge in [-0.3, -0.25) is 0 Å². The third kappa shape index (κ3) is 4.48. The molecule has 10 heteroatoms. The van der Waals surface area contributed by atoms with Crippen LogP contribution in [0.4, 0.5) is 5.82 Å². The van der Waals surface area contributed by atoms with E-state index in [0.29, 0.717) is 17.7 Å². The van der Waals surface area contributed by atoms with Gasteiger partial charge in [-0.2, -0.15) is 0 Å². The van der Waals surface area contributed by atoms with Gasteiger partial charge in [-0.25, -0.2) is 23.1 Å². The lowest BCUT2D eigenvalue weighted by atomic mass is 10.2. The SMILES string of the molecule is O=S(=O)(NCc1cccnc1N1CCOCC1)c1cc(Br)cnc1Cl. The average Bonchev–Trinajstić information content (AvgIpc) is 2.63. The molecule has 0 amide bonds. The lowest BCUT2D eigenvalue weighted by molar-refractivity contribution is 0.122. The van der Waals surface area contributed by atoms with Gasteiger partial charge < -0.3 is 9.64 Å². The third-order valence-electron chi connectivity index (χ3n) is 3.69. The van der Waals surface area contributed by atoms with E-state index in [2.05, 4.69) is 35.5 Å². The molecule has 0 bridgehead atoms. The van der Waals surface area contributed by atoms with E-state index >= 15 is 0 Å². The van der Waals surface area contributed by atoms with E-state index in [-0.39, 0.29) is 16.6 Å². The standard InChI is InChI=1S/C15H16BrClN4O3S/c16-12-8-13(14(17)19-10-12)25(22,23)20-9-11-2-1-3-18-15(11)21-4-6-24-7-5-21/h1-3,8,10,20H,4-7,9H2. The number of rotatable bonds is 5. The van der Waals surface area contributed by atoms with Crippen molar-refractivity contribution in [2.75, 3.05) is 31.2 Å². The summed E-state index contributed by atoms with van der Waals surface area (Å²) in [6, 6.07) is 5.05. The molecule has 0 aromatic carbocycles. The van der Waals surface area contributed by atoms with Crippen LogP contribution >= 0.6 is 27.5 Å². The van der Waals surface area contributed by atoms with Crippen LogP contribution in [0.25, 0.3) is 0 Å². The molecule has 3 heterocycles. The minimum Gasteiger partial charge on any atom is -0.378 e. The Balaban J connectivity index is 1.80. The number of hydrogen-bond donors (Lipinski definition) is 1. The van der Waals surface area contributed by atoms with Crippen LogP contribution in [-0.2, 0) is 21.3 Å². The molecule has 0 unspecified atom stereocenters. The summed E-state index contributed by atoms with van der Waals surface area (Å²) in [5.74, 6) is 0.756. The summed E-state index contributed by atoms with van der Waals surface area (Å²) in [5, 5.41) is -0.0738. The lowest BCUT2D eigenvalue weighted by Crippen LogP contribution is -2.37. The minimum atomic E-state index is -3.80. The molecule has 1 aliphatic heterocycles. The molecule has 0 saturated carbocycles. The summed E-state index contributed by atoms with van der Waals surface area (Å²) >= 11 is 9.14. The second kappa shape index (κ2) is 7.96. The summed E-state index contributed by atoms with van der Waals surface area (Å²) in [5.41, 5.74) is 0.784. The van der Waals surface area contributed by atoms with Crippen LogP contribution in [0.5, 0.6) is 0 Å². The van der Waals surface area contributed by atoms with Gasteiger partial charge in [0.15, 0.2) is 0 Å². The molecular formula is C15H16BrClN4O3S. The van der Waals surface area contributed by atoms with Gasteiger partial charge in [0.1, 0.15) is 15.9 Å². The van der Waals surface area contributed by atoms with Crippen molar-refractivity contribution in [3.05, 3.63) is 45.8 Å². The maximum Gasteiger partial charge on any atom is 0.243 e. The van der Waals surface area contributed by atoms with Crippen LogP contribution in [0.2, 0.25) is 5.15 Å². The number of hydrogen-bond acceptors (Lipinski definition) is 6. The predicted octanol–water partition coefficient (Wildman–Crippen LogP) is 2.21. The summed E-state index contributed by atoms with van der Waals surface area (Å²) in [4.78, 5) is 10.3. The summed E-state index contributed by atoms with van der Waals surface area (Å²) < 4.78 is 33.6. The van der Waals surface area contributed by atoms with Crippen molar-refractivity contribution in [2.45, 2.75) is 11.4 Å². The molecule has 0 spiro atoms. The number of morpholine rings is 1. The second-order valence-corrected chi connectivity index (χ2v) is 8.36. The van der Waals surface area contributed by atoms with Crippen LogP contribution in [0.15, 0.2) is 40.0 Å². The molecule has 134 valence electrons. The number of ether oxygens (including phenoxy) is 1. The normalized spacial score (nSPS) is 15.4. The number of anilines is 1. The number of halogens is 2. The van der Waals surface area contributed by atoms with Crippen molar-refractivity contribution in [1.29, 1.82) is 0 Å². The first-order chi connectivity index (χ1) is 12.0. The van der Waals surface area contributed by atoms with Gasteiger partial charge in [-0.1, -0.05) is 17.7 Å². The van der Waals surface area contributed by atoms with Crippen molar-refractivity contribution in [3.8, 4) is 0 Å². The summed E-state index contributed by atoms with van der Waals surface area (Å²) in [6.07, 6.45) is 3.14. The first-order valence-electron chi connectivity index (χ1n) is 7.55. The fourth-order valence-electron chi connectivity index (χ4n) is 2.47. The van der Waals surface area contributed by atoms with Crippen LogP contribution in [0.1, 0.15) is 5.56 Å². The van der Waals surface area contributed by atoms with E-state index in [0.717, 1.165) is 24.5 Å². The zero-order valence-corrected chi connectivity index (χ0v) is 16.3. The van der Waals surface area contributed by atoms with Crippen molar-refractivity contribution in [1.82, 2.24) is 14.7 Å². The largest absolute Gasteiger partial charge is 0.378 e. The number of pyridine rings is 2. The maximum atomic E-state index is 12.6. The molecule has 1 aliphatic rings. The number of sulfonamides is 1. The second-order valence-electron chi connectivity index (χ2n) is 5.35. The Hall–Kier alpha value is -1.26. The molecule has 25 heavy (non-hydrogen) atoms. The average molecular weight is 448 g/mol. The van der Waals surface area contributed by atoms with Gasteiger partial charge in [-0.15, -0.1) is 0 Å². The first kappa shape index (κ1) is 18.5. The molecule has 1 N–H and O–H groups in total. The van der Waals surface area contributed by atoms with Gasteiger partial charge in [0.25, 0.3) is 0 Å². The van der Waals surface area contributed by atoms with E-state index < -0.39 is 10.0 Å². The molecule has 1 saturated heterocycles. The molecular weight excluding hydrogens is 432 g/mol. The number of nitrogens with zero attached hydrogens (tertiary/aromatic N) is 3. The molecule has 3 rings (SSSR count). The molecule has 0 atom stereocenters. The first-order valence-corrected chi connectivity index (χ1v) is 10.2. The van der Waals surface area contributed by atoms with E-state index in [1.54, 1.807) is 12.3 Å². The summed E-state index contributed by atoms with van der Waals surface area (Å²) in [6.45, 7) is 2.80. The Labute approximate surface area is 159 Å². The molecule has 1 fully saturated rings. The van der Waals surface area contributed by atoms with Crippen LogP contribution in [0.3, 0.4) is 0 Å². The van der Waals surface area contributed by atoms with Crippen LogP contribution < -0.4 is 9.62 Å². The molecule has 0 aliphatic carbocycles. The highest BCUT2D eigenvalue weighted by Gasteiger charge is 2.21. The maximum absolute atomic E-state index is 12.6. The van der Waals surface area contributed by atoms with Crippen molar-refractivity contribution >= 4 is 43.4 Å². The zero-order valence-electron chi connectivity index (χ0n) is 13.2. The van der Waals surface area contributed by atoms with Gasteiger partial charge in [0, 0.05) is 42.1 Å². The fraction of sp³-hybridized carbons (Fsp3) is 0.333. The van der Waals surface area contributed by atoms with Gasteiger partial charge in [0.2, 0.25) is 10.0 Å². The smallest absolute Gasteiger partial charge is 0.243 e. The number of nitrogens with one attached hydrogen (secondary N) is 1. The molecule has 2 aromatic heterocycles. The van der Waals surface area contributed by atoms with Crippen LogP contribution in [-0.4, -0.2) is 44.7 Å². The Morgan fingerprint density at radius 1 is 1.32 bits per heavy atom. The molecule has 2 aromatic rings. The van der Waals surface area contributed by atoms with Gasteiger partial charge >= 0.3 is 0 Å². The Morgan fingerprint density at radius 3 is 2.84 bits per heavy atom. The number of aromatic nitrogens is 2. The fourth-order valence-corrected chi connectivity index (χ4v) is 4.42. The van der Waals surface area contributed by atoms with Crippen molar-refractivity contribution in [3.63, 3.8) is 0 Å². The van der Waals surface area contributed by atoms with E-state index in [1.807, 2.05) is 6.07 Å². The minimum absolute atomic E-state index is 0.0691. The highest BCUT2D eigenvalue weighted by atomic mass is 79.9. The Bertz CT molecular complexity index is 860. The Morgan fingerprint density at radius 2 is 2.08 bits per heavy atom. The lowest BCUT2D eigenvalue weighted by Gasteiger charge is -2.29. The monoisotopic (exact) mass is 446 g/mol. The van der Waals surface area contributed by atoms with Crippen LogP contribution in [0, 0.1) is 0 Å². The van der Waals surface area contributed by atoms with Gasteiger partial charge in [0.05, 0.1) is 13.2 Å². The highest BCUT2D eigenvalue weighted by molar-refractivity contribution is 9.10. The summed E-state index contributed by atoms with van der Waals surface area (Å²) in [7, 11) is -3.80.